The van der Waals surface area contributed by atoms with Crippen LogP contribution in [-0.4, -0.2) is 5.91 Å². The van der Waals surface area contributed by atoms with Gasteiger partial charge in [0.25, 0.3) is 5.91 Å². The third-order valence-electron chi connectivity index (χ3n) is 3.46. The molecule has 2 aromatic carbocycles. The van der Waals surface area contributed by atoms with Crippen LogP contribution in [-0.2, 0) is 0 Å². The summed E-state index contributed by atoms with van der Waals surface area (Å²) in [6.45, 7) is 1.93. The summed E-state index contributed by atoms with van der Waals surface area (Å²) in [6, 6.07) is 15.0. The van der Waals surface area contributed by atoms with E-state index in [0.29, 0.717) is 14.9 Å². The molecule has 0 spiro atoms. The number of rotatable bonds is 3. The number of carbonyl (C=O) groups is 1. The van der Waals surface area contributed by atoms with Crippen LogP contribution in [0.2, 0.25) is 10.0 Å². The van der Waals surface area contributed by atoms with E-state index in [1.54, 1.807) is 0 Å². The minimum Gasteiger partial charge on any atom is -0.345 e. The van der Waals surface area contributed by atoms with Crippen molar-refractivity contribution < 1.29 is 4.79 Å². The highest BCUT2D eigenvalue weighted by Gasteiger charge is 2.18. The summed E-state index contributed by atoms with van der Waals surface area (Å²) in [4.78, 5) is 13.0. The molecule has 0 aliphatic carbocycles. The molecule has 5 heteroatoms. The molecule has 0 fully saturated rings. The molecule has 1 amide bonds. The van der Waals surface area contributed by atoms with E-state index in [1.807, 2.05) is 55.5 Å². The molecule has 0 bridgehead atoms. The van der Waals surface area contributed by atoms with Crippen molar-refractivity contribution in [1.29, 1.82) is 0 Å². The zero-order chi connectivity index (χ0) is 15.7. The van der Waals surface area contributed by atoms with Crippen LogP contribution in [0.3, 0.4) is 0 Å². The number of benzene rings is 2. The first-order valence-corrected chi connectivity index (χ1v) is 8.37. The predicted octanol–water partition coefficient (Wildman–Crippen LogP) is 5.70. The van der Waals surface area contributed by atoms with E-state index in [4.69, 9.17) is 23.2 Å². The minimum absolute atomic E-state index is 0.119. The quantitative estimate of drug-likeness (QED) is 0.645. The summed E-state index contributed by atoms with van der Waals surface area (Å²) in [5.41, 5.74) is 0.995. The third-order valence-corrected chi connectivity index (χ3v) is 5.38. The fraction of sp³-hybridized carbons (Fsp3) is 0.118. The first-order chi connectivity index (χ1) is 10.6. The molecule has 112 valence electrons. The topological polar surface area (TPSA) is 29.1 Å². The number of nitrogens with one attached hydrogen (secondary N) is 1. The Morgan fingerprint density at radius 2 is 1.77 bits per heavy atom. The van der Waals surface area contributed by atoms with Gasteiger partial charge in [0, 0.05) is 15.1 Å². The fourth-order valence-electron chi connectivity index (χ4n) is 2.26. The summed E-state index contributed by atoms with van der Waals surface area (Å²) in [5.74, 6) is -0.159. The Morgan fingerprint density at radius 1 is 1.09 bits per heavy atom. The smallest absolute Gasteiger partial charge is 0.263 e. The van der Waals surface area contributed by atoms with Gasteiger partial charge in [-0.2, -0.15) is 0 Å². The molecule has 3 aromatic rings. The van der Waals surface area contributed by atoms with Gasteiger partial charge in [0.1, 0.15) is 4.88 Å². The molecule has 1 aromatic heterocycles. The molecule has 0 aliphatic heterocycles. The molecule has 1 heterocycles. The van der Waals surface area contributed by atoms with E-state index < -0.39 is 0 Å². The van der Waals surface area contributed by atoms with Crippen LogP contribution < -0.4 is 5.32 Å². The lowest BCUT2D eigenvalue weighted by Crippen LogP contribution is -2.26. The minimum atomic E-state index is -0.159. The van der Waals surface area contributed by atoms with E-state index in [0.717, 1.165) is 15.6 Å². The Labute approximate surface area is 142 Å². The van der Waals surface area contributed by atoms with Crippen molar-refractivity contribution in [1.82, 2.24) is 5.32 Å². The summed E-state index contributed by atoms with van der Waals surface area (Å²) < 4.78 is 1.01. The number of hydrogen-bond donors (Lipinski definition) is 1. The van der Waals surface area contributed by atoms with Crippen LogP contribution in [0, 0.1) is 0 Å². The number of halogens is 2. The van der Waals surface area contributed by atoms with Gasteiger partial charge >= 0.3 is 0 Å². The lowest BCUT2D eigenvalue weighted by molar-refractivity contribution is 0.0944. The summed E-state index contributed by atoms with van der Waals surface area (Å²) in [6.07, 6.45) is 0. The first-order valence-electron chi connectivity index (χ1n) is 6.79. The van der Waals surface area contributed by atoms with Gasteiger partial charge in [-0.3, -0.25) is 4.79 Å². The van der Waals surface area contributed by atoms with E-state index >= 15 is 0 Å². The maximum atomic E-state index is 12.5. The van der Waals surface area contributed by atoms with E-state index in [9.17, 15) is 4.79 Å². The Hall–Kier alpha value is -1.55. The summed E-state index contributed by atoms with van der Waals surface area (Å²) in [5, 5.41) is 5.08. The Kier molecular flexibility index (Phi) is 4.39. The standard InChI is InChI=1S/C17H13Cl2NOS/c1-10(11-6-8-12(18)9-7-11)20-17(21)16-15(19)13-4-2-3-5-14(13)22-16/h2-10H,1H3,(H,20,21). The normalized spacial score (nSPS) is 12.3. The van der Waals surface area contributed by atoms with Gasteiger partial charge in [-0.15, -0.1) is 11.3 Å². The van der Waals surface area contributed by atoms with Gasteiger partial charge in [-0.05, 0) is 30.7 Å². The highest BCUT2D eigenvalue weighted by atomic mass is 35.5. The van der Waals surface area contributed by atoms with E-state index in [1.165, 1.54) is 11.3 Å². The number of amides is 1. The van der Waals surface area contributed by atoms with E-state index in [-0.39, 0.29) is 11.9 Å². The van der Waals surface area contributed by atoms with E-state index in [2.05, 4.69) is 5.32 Å². The van der Waals surface area contributed by atoms with Crippen LogP contribution in [0.4, 0.5) is 0 Å². The number of thiophene rings is 1. The van der Waals surface area contributed by atoms with Crippen LogP contribution in [0.5, 0.6) is 0 Å². The van der Waals surface area contributed by atoms with Crippen molar-refractivity contribution in [3.63, 3.8) is 0 Å². The molecule has 1 N–H and O–H groups in total. The highest BCUT2D eigenvalue weighted by molar-refractivity contribution is 7.21. The molecule has 3 rings (SSSR count). The molecule has 0 aliphatic rings. The molecule has 1 unspecified atom stereocenters. The van der Waals surface area contributed by atoms with Crippen molar-refractivity contribution in [2.45, 2.75) is 13.0 Å². The molecular formula is C17H13Cl2NOS. The molecule has 1 atom stereocenters. The Morgan fingerprint density at radius 3 is 2.45 bits per heavy atom. The lowest BCUT2D eigenvalue weighted by Gasteiger charge is -2.14. The highest BCUT2D eigenvalue weighted by Crippen LogP contribution is 2.35. The first kappa shape index (κ1) is 15.3. The monoisotopic (exact) mass is 349 g/mol. The van der Waals surface area contributed by atoms with Gasteiger partial charge < -0.3 is 5.32 Å². The second-order valence-corrected chi connectivity index (χ2v) is 6.85. The van der Waals surface area contributed by atoms with Gasteiger partial charge in [-0.1, -0.05) is 53.5 Å². The van der Waals surface area contributed by atoms with Crippen LogP contribution in [0.15, 0.2) is 48.5 Å². The maximum absolute atomic E-state index is 12.5. The maximum Gasteiger partial charge on any atom is 0.263 e. The Balaban J connectivity index is 1.84. The van der Waals surface area contributed by atoms with Crippen molar-refractivity contribution in [3.8, 4) is 0 Å². The van der Waals surface area contributed by atoms with Crippen molar-refractivity contribution in [2.75, 3.05) is 0 Å². The SMILES string of the molecule is CC(NC(=O)c1sc2ccccc2c1Cl)c1ccc(Cl)cc1. The zero-order valence-electron chi connectivity index (χ0n) is 11.8. The molecular weight excluding hydrogens is 337 g/mol. The van der Waals surface area contributed by atoms with Gasteiger partial charge in [0.2, 0.25) is 0 Å². The van der Waals surface area contributed by atoms with Crippen molar-refractivity contribution in [3.05, 3.63) is 69.0 Å². The Bertz CT molecular complexity index is 826. The van der Waals surface area contributed by atoms with Crippen molar-refractivity contribution >= 4 is 50.5 Å². The third kappa shape index (κ3) is 2.98. The fourth-order valence-corrected chi connectivity index (χ4v) is 3.80. The van der Waals surface area contributed by atoms with Gasteiger partial charge in [0.05, 0.1) is 11.1 Å². The van der Waals surface area contributed by atoms with Crippen LogP contribution in [0.25, 0.3) is 10.1 Å². The number of hydrogen-bond acceptors (Lipinski definition) is 2. The van der Waals surface area contributed by atoms with Gasteiger partial charge in [0.15, 0.2) is 0 Å². The molecule has 0 saturated heterocycles. The summed E-state index contributed by atoms with van der Waals surface area (Å²) in [7, 11) is 0. The molecule has 2 nitrogen and oxygen atoms in total. The van der Waals surface area contributed by atoms with Crippen LogP contribution in [0.1, 0.15) is 28.2 Å². The number of carbonyl (C=O) groups excluding carboxylic acids is 1. The second-order valence-electron chi connectivity index (χ2n) is 4.99. The average molecular weight is 350 g/mol. The molecule has 0 saturated carbocycles. The lowest BCUT2D eigenvalue weighted by atomic mass is 10.1. The second kappa shape index (κ2) is 6.29. The zero-order valence-corrected chi connectivity index (χ0v) is 14.1. The average Bonchev–Trinajstić information content (AvgIpc) is 2.85. The molecule has 22 heavy (non-hydrogen) atoms. The van der Waals surface area contributed by atoms with Gasteiger partial charge in [-0.25, -0.2) is 0 Å². The largest absolute Gasteiger partial charge is 0.345 e. The van der Waals surface area contributed by atoms with Crippen LogP contribution >= 0.6 is 34.5 Å². The summed E-state index contributed by atoms with van der Waals surface area (Å²) >= 11 is 13.6. The predicted molar refractivity (Wildman–Crippen MR) is 94.2 cm³/mol. The number of fused-ring (bicyclic) bond motifs is 1. The molecule has 0 radical (unpaired) electrons. The van der Waals surface area contributed by atoms with Crippen molar-refractivity contribution in [2.24, 2.45) is 0 Å².